The number of aromatic nitrogens is 4. The Morgan fingerprint density at radius 1 is 1.32 bits per heavy atom. The van der Waals surface area contributed by atoms with Crippen molar-refractivity contribution in [1.82, 2.24) is 18.7 Å². The molecule has 0 unspecified atom stereocenters. The first-order valence-corrected chi connectivity index (χ1v) is 7.46. The van der Waals surface area contributed by atoms with Crippen LogP contribution in [0.2, 0.25) is 0 Å². The van der Waals surface area contributed by atoms with Crippen LogP contribution in [-0.4, -0.2) is 25.3 Å². The van der Waals surface area contributed by atoms with Gasteiger partial charge in [-0.2, -0.15) is 4.89 Å². The molecule has 0 spiro atoms. The Hall–Kier alpha value is -1.87. The quantitative estimate of drug-likeness (QED) is 0.328. The highest BCUT2D eigenvalue weighted by Gasteiger charge is 2.17. The van der Waals surface area contributed by atoms with Gasteiger partial charge in [-0.15, -0.1) is 0 Å². The minimum absolute atomic E-state index is 0.149. The predicted octanol–water partition coefficient (Wildman–Crippen LogP) is 1.07. The number of fused-ring (bicyclic) bond motifs is 1. The first-order valence-electron chi connectivity index (χ1n) is 6.67. The SMILES string of the molecule is C=C(CCn1c(=O)c2c(nc(Br)n2C)n(C)c1=O)OOCC. The maximum absolute atomic E-state index is 12.5. The first kappa shape index (κ1) is 16.5. The zero-order valence-corrected chi connectivity index (χ0v) is 14.2. The van der Waals surface area contributed by atoms with E-state index in [0.29, 0.717) is 34.7 Å². The molecule has 0 N–H and O–H groups in total. The van der Waals surface area contributed by atoms with Gasteiger partial charge in [-0.05, 0) is 22.9 Å². The number of nitrogens with zero attached hydrogens (tertiary/aromatic N) is 4. The average molecular weight is 373 g/mol. The molecule has 8 nitrogen and oxygen atoms in total. The summed E-state index contributed by atoms with van der Waals surface area (Å²) >= 11 is 3.25. The second kappa shape index (κ2) is 6.49. The van der Waals surface area contributed by atoms with Crippen LogP contribution in [-0.2, 0) is 30.4 Å². The predicted molar refractivity (Wildman–Crippen MR) is 84.4 cm³/mol. The van der Waals surface area contributed by atoms with Gasteiger partial charge >= 0.3 is 5.69 Å². The van der Waals surface area contributed by atoms with Crippen LogP contribution < -0.4 is 11.2 Å². The van der Waals surface area contributed by atoms with Crippen molar-refractivity contribution in [1.29, 1.82) is 0 Å². The Balaban J connectivity index is 2.42. The fourth-order valence-corrected chi connectivity index (χ4v) is 2.38. The van der Waals surface area contributed by atoms with Crippen molar-refractivity contribution in [2.45, 2.75) is 19.9 Å². The van der Waals surface area contributed by atoms with E-state index in [1.54, 1.807) is 25.6 Å². The standard InChI is InChI=1S/C13H17BrN4O4/c1-5-21-22-8(2)6-7-18-11(19)9-10(17(4)13(18)20)15-12(14)16(9)3/h2,5-7H2,1,3-4H3. The van der Waals surface area contributed by atoms with E-state index in [-0.39, 0.29) is 6.54 Å². The second-order valence-electron chi connectivity index (χ2n) is 4.69. The fourth-order valence-electron chi connectivity index (χ4n) is 2.03. The van der Waals surface area contributed by atoms with Crippen molar-refractivity contribution < 1.29 is 9.78 Å². The maximum atomic E-state index is 12.5. The third-order valence-corrected chi connectivity index (χ3v) is 3.92. The van der Waals surface area contributed by atoms with Gasteiger partial charge in [0, 0.05) is 27.1 Å². The summed E-state index contributed by atoms with van der Waals surface area (Å²) < 4.78 is 4.56. The van der Waals surface area contributed by atoms with E-state index in [2.05, 4.69) is 27.5 Å². The van der Waals surface area contributed by atoms with Gasteiger partial charge in [-0.1, -0.05) is 6.58 Å². The van der Waals surface area contributed by atoms with Crippen LogP contribution in [0, 0.1) is 0 Å². The third kappa shape index (κ3) is 2.86. The molecule has 2 heterocycles. The van der Waals surface area contributed by atoms with E-state index in [9.17, 15) is 9.59 Å². The van der Waals surface area contributed by atoms with Gasteiger partial charge in [-0.25, -0.2) is 9.78 Å². The molecule has 0 fully saturated rings. The molecular formula is C13H17BrN4O4. The Labute approximate surface area is 134 Å². The van der Waals surface area contributed by atoms with E-state index in [1.807, 2.05) is 0 Å². The summed E-state index contributed by atoms with van der Waals surface area (Å²) in [5.74, 6) is 0.349. The molecule has 2 aromatic rings. The molecule has 0 aliphatic carbocycles. The molecule has 0 radical (unpaired) electrons. The first-order chi connectivity index (χ1) is 10.4. The number of hydrogen-bond donors (Lipinski definition) is 0. The number of rotatable bonds is 6. The van der Waals surface area contributed by atoms with Crippen molar-refractivity contribution in [3.63, 3.8) is 0 Å². The van der Waals surface area contributed by atoms with Crippen molar-refractivity contribution in [3.05, 3.63) is 37.9 Å². The highest BCUT2D eigenvalue weighted by atomic mass is 79.9. The Morgan fingerprint density at radius 2 is 2.00 bits per heavy atom. The smallest absolute Gasteiger partial charge is 0.332 e. The van der Waals surface area contributed by atoms with Crippen molar-refractivity contribution in [2.24, 2.45) is 14.1 Å². The summed E-state index contributed by atoms with van der Waals surface area (Å²) in [6.07, 6.45) is 0.291. The molecule has 2 rings (SSSR count). The minimum atomic E-state index is -0.438. The molecule has 0 aliphatic heterocycles. The lowest BCUT2D eigenvalue weighted by atomic mass is 10.3. The zero-order valence-electron chi connectivity index (χ0n) is 12.6. The lowest BCUT2D eigenvalue weighted by molar-refractivity contribution is -0.259. The highest BCUT2D eigenvalue weighted by molar-refractivity contribution is 9.10. The lowest BCUT2D eigenvalue weighted by Gasteiger charge is -2.09. The second-order valence-corrected chi connectivity index (χ2v) is 5.40. The monoisotopic (exact) mass is 372 g/mol. The minimum Gasteiger partial charge on any atom is -0.343 e. The van der Waals surface area contributed by atoms with Crippen molar-refractivity contribution >= 4 is 27.1 Å². The molecule has 9 heteroatoms. The Morgan fingerprint density at radius 3 is 2.64 bits per heavy atom. The van der Waals surface area contributed by atoms with E-state index in [0.717, 1.165) is 4.57 Å². The molecule has 0 amide bonds. The molecule has 22 heavy (non-hydrogen) atoms. The van der Waals surface area contributed by atoms with Gasteiger partial charge in [0.15, 0.2) is 15.9 Å². The summed E-state index contributed by atoms with van der Waals surface area (Å²) in [6, 6.07) is 0. The number of aryl methyl sites for hydroxylation is 2. The fraction of sp³-hybridized carbons (Fsp3) is 0.462. The van der Waals surface area contributed by atoms with Crippen molar-refractivity contribution in [3.8, 4) is 0 Å². The molecular weight excluding hydrogens is 356 g/mol. The third-order valence-electron chi connectivity index (χ3n) is 3.21. The van der Waals surface area contributed by atoms with Crippen LogP contribution >= 0.6 is 15.9 Å². The molecule has 2 aromatic heterocycles. The summed E-state index contributed by atoms with van der Waals surface area (Å²) in [4.78, 5) is 38.7. The van der Waals surface area contributed by atoms with Crippen LogP contribution in [0.3, 0.4) is 0 Å². The van der Waals surface area contributed by atoms with E-state index in [1.165, 1.54) is 4.57 Å². The molecule has 0 aromatic carbocycles. The van der Waals surface area contributed by atoms with Gasteiger partial charge in [0.25, 0.3) is 5.56 Å². The van der Waals surface area contributed by atoms with Crippen LogP contribution in [0.5, 0.6) is 0 Å². The Bertz CT molecular complexity index is 833. The average Bonchev–Trinajstić information content (AvgIpc) is 2.79. The summed E-state index contributed by atoms with van der Waals surface area (Å²) in [7, 11) is 3.28. The summed E-state index contributed by atoms with van der Waals surface area (Å²) in [5, 5.41) is 0. The lowest BCUT2D eigenvalue weighted by Crippen LogP contribution is -2.39. The van der Waals surface area contributed by atoms with Crippen LogP contribution in [0.15, 0.2) is 26.7 Å². The molecule has 0 saturated heterocycles. The molecule has 0 saturated carbocycles. The van der Waals surface area contributed by atoms with E-state index >= 15 is 0 Å². The number of allylic oxidation sites excluding steroid dienone is 1. The molecule has 0 bridgehead atoms. The van der Waals surface area contributed by atoms with Gasteiger partial charge in [0.2, 0.25) is 0 Å². The largest absolute Gasteiger partial charge is 0.343 e. The highest BCUT2D eigenvalue weighted by Crippen LogP contribution is 2.13. The number of imidazole rings is 1. The van der Waals surface area contributed by atoms with Crippen LogP contribution in [0.4, 0.5) is 0 Å². The van der Waals surface area contributed by atoms with Crippen LogP contribution in [0.25, 0.3) is 11.2 Å². The number of hydrogen-bond acceptors (Lipinski definition) is 5. The van der Waals surface area contributed by atoms with Gasteiger partial charge in [-0.3, -0.25) is 13.9 Å². The van der Waals surface area contributed by atoms with Gasteiger partial charge in [0.1, 0.15) is 5.76 Å². The molecule has 0 atom stereocenters. The van der Waals surface area contributed by atoms with Gasteiger partial charge in [0.05, 0.1) is 6.61 Å². The van der Waals surface area contributed by atoms with E-state index in [4.69, 9.17) is 9.78 Å². The maximum Gasteiger partial charge on any atom is 0.332 e. The zero-order chi connectivity index (χ0) is 16.4. The van der Waals surface area contributed by atoms with Crippen LogP contribution in [0.1, 0.15) is 13.3 Å². The van der Waals surface area contributed by atoms with E-state index < -0.39 is 11.2 Å². The topological polar surface area (TPSA) is 80.3 Å². The summed E-state index contributed by atoms with van der Waals surface area (Å²) in [6.45, 7) is 5.99. The molecule has 0 aliphatic rings. The van der Waals surface area contributed by atoms with Crippen molar-refractivity contribution in [2.75, 3.05) is 6.61 Å². The number of halogens is 1. The molecule has 120 valence electrons. The Kier molecular flexibility index (Phi) is 4.87. The summed E-state index contributed by atoms with van der Waals surface area (Å²) in [5.41, 5.74) is -0.148. The van der Waals surface area contributed by atoms with Gasteiger partial charge < -0.3 is 9.45 Å². The normalized spacial score (nSPS) is 11.1.